The quantitative estimate of drug-likeness (QED) is 0.400. The molecule has 1 fully saturated rings. The van der Waals surface area contributed by atoms with E-state index in [0.29, 0.717) is 33.1 Å². The van der Waals surface area contributed by atoms with Gasteiger partial charge in [-0.05, 0) is 59.7 Å². The molecule has 2 heterocycles. The number of nitrogens with one attached hydrogen (secondary N) is 3. The summed E-state index contributed by atoms with van der Waals surface area (Å²) >= 11 is 1.20. The SMILES string of the molecule is O=C(Nc1ccccc1)Nc1ccc(C(=O)Nc2cccc(-c3nnnn3C3CC3)c2)s1. The fraction of sp³-hybridized carbons (Fsp3) is 0.136. The Morgan fingerprint density at radius 1 is 0.906 bits per heavy atom. The van der Waals surface area contributed by atoms with Gasteiger partial charge in [-0.1, -0.05) is 30.3 Å². The van der Waals surface area contributed by atoms with Gasteiger partial charge in [0.1, 0.15) is 0 Å². The van der Waals surface area contributed by atoms with Gasteiger partial charge >= 0.3 is 6.03 Å². The van der Waals surface area contributed by atoms with Crippen LogP contribution in [-0.2, 0) is 0 Å². The highest BCUT2D eigenvalue weighted by Crippen LogP contribution is 2.36. The fourth-order valence-electron chi connectivity index (χ4n) is 3.20. The van der Waals surface area contributed by atoms with Crippen LogP contribution in [0, 0.1) is 0 Å². The summed E-state index contributed by atoms with van der Waals surface area (Å²) in [4.78, 5) is 25.3. The van der Waals surface area contributed by atoms with Crippen molar-refractivity contribution in [1.82, 2.24) is 20.2 Å². The molecule has 0 radical (unpaired) electrons. The van der Waals surface area contributed by atoms with Gasteiger partial charge in [0.2, 0.25) is 0 Å². The highest BCUT2D eigenvalue weighted by molar-refractivity contribution is 7.18. The number of tetrazole rings is 1. The van der Waals surface area contributed by atoms with Gasteiger partial charge in [0.15, 0.2) is 5.82 Å². The summed E-state index contributed by atoms with van der Waals surface area (Å²) in [5.74, 6) is 0.432. The number of aromatic nitrogens is 4. The number of carbonyl (C=O) groups excluding carboxylic acids is 2. The zero-order chi connectivity index (χ0) is 21.9. The second-order valence-electron chi connectivity index (χ2n) is 7.32. The van der Waals surface area contributed by atoms with Gasteiger partial charge in [-0.25, -0.2) is 9.48 Å². The monoisotopic (exact) mass is 445 g/mol. The number of hydrogen-bond donors (Lipinski definition) is 3. The highest BCUT2D eigenvalue weighted by Gasteiger charge is 2.28. The number of carbonyl (C=O) groups is 2. The second kappa shape index (κ2) is 8.60. The van der Waals surface area contributed by atoms with Crippen molar-refractivity contribution in [1.29, 1.82) is 0 Å². The van der Waals surface area contributed by atoms with Crippen molar-refractivity contribution in [2.45, 2.75) is 18.9 Å². The van der Waals surface area contributed by atoms with E-state index < -0.39 is 0 Å². The average molecular weight is 446 g/mol. The molecule has 0 saturated heterocycles. The van der Waals surface area contributed by atoms with Crippen molar-refractivity contribution < 1.29 is 9.59 Å². The summed E-state index contributed by atoms with van der Waals surface area (Å²) in [6, 6.07) is 19.9. The molecule has 32 heavy (non-hydrogen) atoms. The number of thiophene rings is 1. The number of urea groups is 1. The average Bonchev–Trinajstić information content (AvgIpc) is 3.33. The van der Waals surface area contributed by atoms with Gasteiger partial charge in [-0.2, -0.15) is 0 Å². The topological polar surface area (TPSA) is 114 Å². The van der Waals surface area contributed by atoms with Crippen molar-refractivity contribution in [3.8, 4) is 11.4 Å². The maximum atomic E-state index is 12.7. The zero-order valence-electron chi connectivity index (χ0n) is 16.9. The minimum atomic E-state index is -0.369. The van der Waals surface area contributed by atoms with Crippen LogP contribution < -0.4 is 16.0 Å². The summed E-state index contributed by atoms with van der Waals surface area (Å²) < 4.78 is 1.83. The van der Waals surface area contributed by atoms with Crippen molar-refractivity contribution in [2.75, 3.05) is 16.0 Å². The van der Waals surface area contributed by atoms with E-state index in [1.54, 1.807) is 24.3 Å². The number of benzene rings is 2. The molecule has 0 atom stereocenters. The minimum Gasteiger partial charge on any atom is -0.321 e. The van der Waals surface area contributed by atoms with Crippen molar-refractivity contribution in [3.05, 3.63) is 71.6 Å². The van der Waals surface area contributed by atoms with Crippen LogP contribution in [0.5, 0.6) is 0 Å². The predicted octanol–water partition coefficient (Wildman–Crippen LogP) is 4.63. The zero-order valence-corrected chi connectivity index (χ0v) is 17.7. The Balaban J connectivity index is 1.23. The Kier molecular flexibility index (Phi) is 5.34. The fourth-order valence-corrected chi connectivity index (χ4v) is 4.00. The van der Waals surface area contributed by atoms with E-state index >= 15 is 0 Å². The van der Waals surface area contributed by atoms with Crippen molar-refractivity contribution >= 4 is 39.7 Å². The standard InChI is InChI=1S/C22H19N7O2S/c30-21(18-11-12-19(32-18)25-22(31)24-15-6-2-1-3-7-15)23-16-8-4-5-14(13-16)20-26-27-28-29(20)17-9-10-17/h1-8,11-13,17H,9-10H2,(H,23,30)(H2,24,25,31). The predicted molar refractivity (Wildman–Crippen MR) is 123 cm³/mol. The van der Waals surface area contributed by atoms with Gasteiger partial charge in [0, 0.05) is 16.9 Å². The maximum absolute atomic E-state index is 12.7. The third-order valence-electron chi connectivity index (χ3n) is 4.86. The second-order valence-corrected chi connectivity index (χ2v) is 8.41. The summed E-state index contributed by atoms with van der Waals surface area (Å²) in [7, 11) is 0. The van der Waals surface area contributed by atoms with Crippen LogP contribution in [0.3, 0.4) is 0 Å². The first-order valence-corrected chi connectivity index (χ1v) is 10.9. The molecule has 160 valence electrons. The Bertz CT molecular complexity index is 1260. The normalized spacial score (nSPS) is 12.9. The third-order valence-corrected chi connectivity index (χ3v) is 5.86. The lowest BCUT2D eigenvalue weighted by molar-refractivity contribution is 0.103. The first-order chi connectivity index (χ1) is 15.7. The van der Waals surface area contributed by atoms with Crippen molar-refractivity contribution in [3.63, 3.8) is 0 Å². The number of rotatable bonds is 6. The van der Waals surface area contributed by atoms with E-state index in [-0.39, 0.29) is 11.9 Å². The Morgan fingerprint density at radius 3 is 2.53 bits per heavy atom. The maximum Gasteiger partial charge on any atom is 0.324 e. The van der Waals surface area contributed by atoms with Gasteiger partial charge in [0.05, 0.1) is 15.9 Å². The lowest BCUT2D eigenvalue weighted by Gasteiger charge is -2.07. The van der Waals surface area contributed by atoms with E-state index in [4.69, 9.17) is 0 Å². The molecule has 0 spiro atoms. The molecule has 4 aromatic rings. The van der Waals surface area contributed by atoms with Gasteiger partial charge in [-0.15, -0.1) is 16.4 Å². The van der Waals surface area contributed by atoms with E-state index in [1.165, 1.54) is 11.3 Å². The molecule has 5 rings (SSSR count). The Labute approximate surface area is 187 Å². The summed E-state index contributed by atoms with van der Waals surface area (Å²) in [6.07, 6.45) is 2.15. The molecule has 9 nitrogen and oxygen atoms in total. The van der Waals surface area contributed by atoms with Crippen LogP contribution in [0.15, 0.2) is 66.7 Å². The van der Waals surface area contributed by atoms with E-state index in [2.05, 4.69) is 31.5 Å². The molecule has 3 amide bonds. The third kappa shape index (κ3) is 4.49. The Morgan fingerprint density at radius 2 is 1.72 bits per heavy atom. The summed E-state index contributed by atoms with van der Waals surface area (Å²) in [5, 5.41) is 20.9. The number of hydrogen-bond acceptors (Lipinski definition) is 6. The molecule has 2 aromatic carbocycles. The molecule has 1 aliphatic carbocycles. The van der Waals surface area contributed by atoms with Crippen LogP contribution in [0.4, 0.5) is 21.2 Å². The molecular formula is C22H19N7O2S. The van der Waals surface area contributed by atoms with Crippen LogP contribution in [0.1, 0.15) is 28.6 Å². The lowest BCUT2D eigenvalue weighted by atomic mass is 10.2. The summed E-state index contributed by atoms with van der Waals surface area (Å²) in [6.45, 7) is 0. The highest BCUT2D eigenvalue weighted by atomic mass is 32.1. The molecule has 1 aliphatic rings. The number of para-hydroxylation sites is 1. The van der Waals surface area contributed by atoms with Crippen LogP contribution >= 0.6 is 11.3 Å². The first-order valence-electron chi connectivity index (χ1n) is 10.1. The molecule has 0 bridgehead atoms. The first kappa shape index (κ1) is 19.9. The van der Waals surface area contributed by atoms with E-state index in [0.717, 1.165) is 18.4 Å². The molecule has 0 unspecified atom stereocenters. The van der Waals surface area contributed by atoms with Crippen LogP contribution in [0.25, 0.3) is 11.4 Å². The van der Waals surface area contributed by atoms with Gasteiger partial charge in [-0.3, -0.25) is 10.1 Å². The molecule has 1 saturated carbocycles. The summed E-state index contributed by atoms with van der Waals surface area (Å²) in [5.41, 5.74) is 2.17. The number of amides is 3. The molecule has 0 aliphatic heterocycles. The minimum absolute atomic E-state index is 0.259. The molecular weight excluding hydrogens is 426 g/mol. The molecule has 2 aromatic heterocycles. The number of anilines is 3. The van der Waals surface area contributed by atoms with E-state index in [1.807, 2.05) is 47.1 Å². The van der Waals surface area contributed by atoms with Gasteiger partial charge in [0.25, 0.3) is 5.91 Å². The largest absolute Gasteiger partial charge is 0.324 e. The molecule has 3 N–H and O–H groups in total. The van der Waals surface area contributed by atoms with E-state index in [9.17, 15) is 9.59 Å². The van der Waals surface area contributed by atoms with Gasteiger partial charge < -0.3 is 10.6 Å². The Hall–Kier alpha value is -4.05. The van der Waals surface area contributed by atoms with Crippen molar-refractivity contribution in [2.24, 2.45) is 0 Å². The van der Waals surface area contributed by atoms with Crippen LogP contribution in [0.2, 0.25) is 0 Å². The molecule has 10 heteroatoms. The lowest BCUT2D eigenvalue weighted by Crippen LogP contribution is -2.18. The smallest absolute Gasteiger partial charge is 0.321 e. The number of nitrogens with zero attached hydrogens (tertiary/aromatic N) is 4. The van der Waals surface area contributed by atoms with Crippen LogP contribution in [-0.4, -0.2) is 32.1 Å².